The largest absolute Gasteiger partial charge is 0.317 e. The van der Waals surface area contributed by atoms with Crippen molar-refractivity contribution in [1.29, 1.82) is 0 Å². The van der Waals surface area contributed by atoms with E-state index in [0.717, 1.165) is 17.9 Å². The van der Waals surface area contributed by atoms with E-state index < -0.39 is 0 Å². The molecule has 2 atom stereocenters. The van der Waals surface area contributed by atoms with Crippen molar-refractivity contribution in [3.05, 3.63) is 0 Å². The molecule has 2 unspecified atom stereocenters. The van der Waals surface area contributed by atoms with Crippen molar-refractivity contribution in [2.45, 2.75) is 52.0 Å². The number of nitrogens with zero attached hydrogens (tertiary/aromatic N) is 1. The highest BCUT2D eigenvalue weighted by atomic mass is 15.2. The molecule has 94 valence electrons. The van der Waals surface area contributed by atoms with Gasteiger partial charge >= 0.3 is 0 Å². The molecule has 0 aromatic rings. The zero-order chi connectivity index (χ0) is 11.4. The van der Waals surface area contributed by atoms with Crippen LogP contribution in [-0.2, 0) is 0 Å². The van der Waals surface area contributed by atoms with Gasteiger partial charge in [0.1, 0.15) is 0 Å². The first-order valence-electron chi connectivity index (χ1n) is 7.22. The molecular formula is C14H28N2. The molecule has 2 aliphatic rings. The summed E-state index contributed by atoms with van der Waals surface area (Å²) in [6.45, 7) is 10.0. The van der Waals surface area contributed by atoms with Gasteiger partial charge in [-0.05, 0) is 77.0 Å². The molecule has 0 aromatic carbocycles. The summed E-state index contributed by atoms with van der Waals surface area (Å²) in [6, 6.07) is 0.815. The lowest BCUT2D eigenvalue weighted by Crippen LogP contribution is -2.43. The molecule has 0 radical (unpaired) electrons. The first-order chi connectivity index (χ1) is 7.77. The van der Waals surface area contributed by atoms with Gasteiger partial charge in [0.25, 0.3) is 0 Å². The smallest absolute Gasteiger partial charge is 0.00925 e. The molecule has 2 rings (SSSR count). The van der Waals surface area contributed by atoms with Gasteiger partial charge in [-0.1, -0.05) is 6.92 Å². The van der Waals surface area contributed by atoms with Crippen molar-refractivity contribution in [3.63, 3.8) is 0 Å². The molecule has 0 bridgehead atoms. The molecule has 2 nitrogen and oxygen atoms in total. The SMILES string of the molecule is CC1CCCN(CCC2CCNCC2)C1C. The second-order valence-corrected chi connectivity index (χ2v) is 5.88. The Morgan fingerprint density at radius 1 is 1.12 bits per heavy atom. The van der Waals surface area contributed by atoms with E-state index in [1.54, 1.807) is 0 Å². The number of hydrogen-bond donors (Lipinski definition) is 1. The van der Waals surface area contributed by atoms with E-state index in [2.05, 4.69) is 24.1 Å². The summed E-state index contributed by atoms with van der Waals surface area (Å²) in [4.78, 5) is 2.73. The molecule has 16 heavy (non-hydrogen) atoms. The summed E-state index contributed by atoms with van der Waals surface area (Å²) in [5, 5.41) is 3.45. The van der Waals surface area contributed by atoms with Crippen LogP contribution in [0.3, 0.4) is 0 Å². The van der Waals surface area contributed by atoms with Crippen molar-refractivity contribution in [1.82, 2.24) is 10.2 Å². The third-order valence-corrected chi connectivity index (χ3v) is 4.79. The summed E-state index contributed by atoms with van der Waals surface area (Å²) in [7, 11) is 0. The quantitative estimate of drug-likeness (QED) is 0.792. The monoisotopic (exact) mass is 224 g/mol. The summed E-state index contributed by atoms with van der Waals surface area (Å²) < 4.78 is 0. The van der Waals surface area contributed by atoms with Crippen LogP contribution in [0.25, 0.3) is 0 Å². The Bertz CT molecular complexity index is 199. The fraction of sp³-hybridized carbons (Fsp3) is 1.00. The number of hydrogen-bond acceptors (Lipinski definition) is 2. The molecule has 2 heteroatoms. The van der Waals surface area contributed by atoms with Crippen molar-refractivity contribution in [2.24, 2.45) is 11.8 Å². The van der Waals surface area contributed by atoms with Crippen LogP contribution in [0.2, 0.25) is 0 Å². The van der Waals surface area contributed by atoms with Crippen LogP contribution in [0.15, 0.2) is 0 Å². The van der Waals surface area contributed by atoms with E-state index in [4.69, 9.17) is 0 Å². The van der Waals surface area contributed by atoms with Crippen LogP contribution in [-0.4, -0.2) is 37.1 Å². The van der Waals surface area contributed by atoms with Gasteiger partial charge in [0, 0.05) is 6.04 Å². The lowest BCUT2D eigenvalue weighted by Gasteiger charge is -2.38. The predicted octanol–water partition coefficient (Wildman–Crippen LogP) is 2.50. The molecule has 2 heterocycles. The number of nitrogens with one attached hydrogen (secondary N) is 1. The second-order valence-electron chi connectivity index (χ2n) is 5.88. The molecule has 2 saturated heterocycles. The minimum Gasteiger partial charge on any atom is -0.317 e. The minimum absolute atomic E-state index is 0.815. The summed E-state index contributed by atoms with van der Waals surface area (Å²) in [5.41, 5.74) is 0. The Hall–Kier alpha value is -0.0800. The van der Waals surface area contributed by atoms with Crippen molar-refractivity contribution in [2.75, 3.05) is 26.2 Å². The van der Waals surface area contributed by atoms with Crippen LogP contribution < -0.4 is 5.32 Å². The topological polar surface area (TPSA) is 15.3 Å². The number of rotatable bonds is 3. The average Bonchev–Trinajstić information content (AvgIpc) is 2.32. The summed E-state index contributed by atoms with van der Waals surface area (Å²) >= 11 is 0. The Morgan fingerprint density at radius 2 is 1.88 bits per heavy atom. The zero-order valence-corrected chi connectivity index (χ0v) is 11.0. The molecule has 0 saturated carbocycles. The minimum atomic E-state index is 0.815. The normalized spacial score (nSPS) is 34.1. The van der Waals surface area contributed by atoms with Gasteiger partial charge in [0.2, 0.25) is 0 Å². The van der Waals surface area contributed by atoms with Gasteiger partial charge in [-0.15, -0.1) is 0 Å². The predicted molar refractivity (Wildman–Crippen MR) is 69.6 cm³/mol. The van der Waals surface area contributed by atoms with E-state index in [-0.39, 0.29) is 0 Å². The van der Waals surface area contributed by atoms with Crippen LogP contribution in [0, 0.1) is 11.8 Å². The standard InChI is InChI=1S/C14H28N2/c1-12-4-3-10-16(13(12)2)11-7-14-5-8-15-9-6-14/h12-15H,3-11H2,1-2H3. The highest BCUT2D eigenvalue weighted by Gasteiger charge is 2.25. The highest BCUT2D eigenvalue weighted by molar-refractivity contribution is 4.79. The third kappa shape index (κ3) is 3.21. The number of likely N-dealkylation sites (tertiary alicyclic amines) is 1. The van der Waals surface area contributed by atoms with Crippen molar-refractivity contribution >= 4 is 0 Å². The van der Waals surface area contributed by atoms with Gasteiger partial charge in [-0.2, -0.15) is 0 Å². The Labute approximate surface area is 101 Å². The summed E-state index contributed by atoms with van der Waals surface area (Å²) in [6.07, 6.45) is 7.08. The molecular weight excluding hydrogens is 196 g/mol. The maximum absolute atomic E-state index is 3.45. The van der Waals surface area contributed by atoms with Crippen molar-refractivity contribution < 1.29 is 0 Å². The first kappa shape index (κ1) is 12.4. The average molecular weight is 224 g/mol. The zero-order valence-electron chi connectivity index (χ0n) is 11.0. The van der Waals surface area contributed by atoms with Crippen LogP contribution >= 0.6 is 0 Å². The molecule has 0 aromatic heterocycles. The highest BCUT2D eigenvalue weighted by Crippen LogP contribution is 2.24. The first-order valence-corrected chi connectivity index (χ1v) is 7.22. The van der Waals surface area contributed by atoms with E-state index in [1.807, 2.05) is 0 Å². The van der Waals surface area contributed by atoms with Gasteiger partial charge < -0.3 is 10.2 Å². The Kier molecular flexibility index (Phi) is 4.66. The molecule has 0 amide bonds. The molecule has 2 fully saturated rings. The van der Waals surface area contributed by atoms with Crippen LogP contribution in [0.1, 0.15) is 46.0 Å². The fourth-order valence-corrected chi connectivity index (χ4v) is 3.26. The van der Waals surface area contributed by atoms with Gasteiger partial charge in [-0.3, -0.25) is 0 Å². The lowest BCUT2D eigenvalue weighted by molar-refractivity contribution is 0.104. The van der Waals surface area contributed by atoms with Crippen molar-refractivity contribution in [3.8, 4) is 0 Å². The van der Waals surface area contributed by atoms with E-state index >= 15 is 0 Å². The van der Waals surface area contributed by atoms with Gasteiger partial charge in [-0.25, -0.2) is 0 Å². The van der Waals surface area contributed by atoms with E-state index in [1.165, 1.54) is 58.3 Å². The van der Waals surface area contributed by atoms with E-state index in [9.17, 15) is 0 Å². The Balaban J connectivity index is 1.71. The van der Waals surface area contributed by atoms with Crippen LogP contribution in [0.5, 0.6) is 0 Å². The lowest BCUT2D eigenvalue weighted by atomic mass is 9.90. The fourth-order valence-electron chi connectivity index (χ4n) is 3.26. The maximum atomic E-state index is 3.45. The molecule has 0 aliphatic carbocycles. The van der Waals surface area contributed by atoms with Gasteiger partial charge in [0.05, 0.1) is 0 Å². The van der Waals surface area contributed by atoms with Gasteiger partial charge in [0.15, 0.2) is 0 Å². The van der Waals surface area contributed by atoms with Crippen LogP contribution in [0.4, 0.5) is 0 Å². The Morgan fingerprint density at radius 3 is 2.62 bits per heavy atom. The summed E-state index contributed by atoms with van der Waals surface area (Å²) in [5.74, 6) is 1.90. The van der Waals surface area contributed by atoms with E-state index in [0.29, 0.717) is 0 Å². The maximum Gasteiger partial charge on any atom is 0.00925 e. The number of piperidine rings is 2. The molecule has 1 N–H and O–H groups in total. The second kappa shape index (κ2) is 6.02. The molecule has 2 aliphatic heterocycles. The molecule has 0 spiro atoms. The third-order valence-electron chi connectivity index (χ3n) is 4.79.